The van der Waals surface area contributed by atoms with Crippen LogP contribution < -0.4 is 15.5 Å². The highest BCUT2D eigenvalue weighted by molar-refractivity contribution is 6.63. The molecule has 0 unspecified atom stereocenters. The van der Waals surface area contributed by atoms with E-state index in [9.17, 15) is 19.7 Å². The molecular formula is C15H20BNO6. The fourth-order valence-corrected chi connectivity index (χ4v) is 2.50. The molecule has 0 fully saturated rings. The Morgan fingerprint density at radius 2 is 2.13 bits per heavy atom. The zero-order chi connectivity index (χ0) is 17.1. The molecule has 8 heteroatoms. The Hall–Kier alpha value is -2.06. The second-order valence-electron chi connectivity index (χ2n) is 5.64. The van der Waals surface area contributed by atoms with Crippen molar-refractivity contribution in [2.24, 2.45) is 5.92 Å². The first-order chi connectivity index (χ1) is 10.9. The summed E-state index contributed by atoms with van der Waals surface area (Å²) < 4.78 is 10.7. The summed E-state index contributed by atoms with van der Waals surface area (Å²) in [6.07, 6.45) is 0. The van der Waals surface area contributed by atoms with E-state index in [0.717, 1.165) is 5.56 Å². The van der Waals surface area contributed by atoms with Crippen LogP contribution in [0.5, 0.6) is 5.75 Å². The topological polar surface area (TPSA) is 105 Å². The van der Waals surface area contributed by atoms with Gasteiger partial charge in [-0.3, -0.25) is 4.79 Å². The molecule has 0 radical (unpaired) electrons. The van der Waals surface area contributed by atoms with Crippen LogP contribution in [-0.4, -0.2) is 41.8 Å². The van der Waals surface area contributed by atoms with Gasteiger partial charge < -0.3 is 24.8 Å². The van der Waals surface area contributed by atoms with E-state index < -0.39 is 25.0 Å². The largest absolute Gasteiger partial charge is 0.495 e. The Kier molecular flexibility index (Phi) is 5.28. The number of hydrogen-bond acceptors (Lipinski definition) is 5. The number of fused-ring (bicyclic) bond motifs is 1. The minimum atomic E-state index is -1.15. The third-order valence-corrected chi connectivity index (χ3v) is 3.68. The van der Waals surface area contributed by atoms with Crippen molar-refractivity contribution in [2.45, 2.75) is 33.4 Å². The number of rotatable bonds is 6. The summed E-state index contributed by atoms with van der Waals surface area (Å²) in [5, 5.41) is 21.6. The van der Waals surface area contributed by atoms with Crippen molar-refractivity contribution in [1.29, 1.82) is 0 Å². The molecule has 0 saturated heterocycles. The molecule has 1 aliphatic heterocycles. The van der Waals surface area contributed by atoms with Gasteiger partial charge in [-0.2, -0.15) is 0 Å². The molecule has 3 N–H and O–H groups in total. The second kappa shape index (κ2) is 7.01. The summed E-state index contributed by atoms with van der Waals surface area (Å²) in [6, 6.07) is 2.22. The van der Waals surface area contributed by atoms with Gasteiger partial charge in [-0.05, 0) is 24.5 Å². The number of ether oxygens (including phenoxy) is 1. The van der Waals surface area contributed by atoms with Crippen molar-refractivity contribution < 1.29 is 29.1 Å². The first kappa shape index (κ1) is 17.3. The number of carbonyl (C=O) groups excluding carboxylic acids is 1. The van der Waals surface area contributed by atoms with Crippen LogP contribution in [0.1, 0.15) is 36.7 Å². The van der Waals surface area contributed by atoms with Crippen LogP contribution in [0.25, 0.3) is 0 Å². The highest BCUT2D eigenvalue weighted by Crippen LogP contribution is 2.24. The first-order valence-electron chi connectivity index (χ1n) is 7.48. The lowest BCUT2D eigenvalue weighted by molar-refractivity contribution is -0.140. The number of nitrogens with one attached hydrogen (secondary N) is 1. The standard InChI is InChI=1S/C15H20BNO6/c1-4-22-13-10(6-5-9-7-23-16(21)11(9)13)14(18)17-12(8(2)3)15(19)20/h5-6,8,12,21H,4,7H2,1-3H3,(H,17,18)(H,19,20)/t12-/m0/s1. The predicted octanol–water partition coefficient (Wildman–Crippen LogP) is 0.142. The molecule has 0 spiro atoms. The summed E-state index contributed by atoms with van der Waals surface area (Å²) in [5.74, 6) is -1.69. The molecule has 1 heterocycles. The summed E-state index contributed by atoms with van der Waals surface area (Å²) in [4.78, 5) is 23.7. The molecule has 1 atom stereocenters. The van der Waals surface area contributed by atoms with Gasteiger partial charge >= 0.3 is 13.1 Å². The number of carboxylic acids is 1. The average Bonchev–Trinajstić information content (AvgIpc) is 2.86. The SMILES string of the molecule is CCOc1c(C(=O)N[C@H](C(=O)O)C(C)C)ccc2c1B(O)OC2. The Morgan fingerprint density at radius 3 is 2.70 bits per heavy atom. The van der Waals surface area contributed by atoms with Crippen molar-refractivity contribution in [1.82, 2.24) is 5.32 Å². The number of amides is 1. The molecular weight excluding hydrogens is 301 g/mol. The van der Waals surface area contributed by atoms with Crippen LogP contribution in [0, 0.1) is 5.92 Å². The number of carbonyl (C=O) groups is 2. The Balaban J connectivity index is 2.37. The van der Waals surface area contributed by atoms with E-state index in [2.05, 4.69) is 5.32 Å². The van der Waals surface area contributed by atoms with E-state index in [1.807, 2.05) is 0 Å². The maximum atomic E-state index is 12.5. The van der Waals surface area contributed by atoms with E-state index in [1.165, 1.54) is 0 Å². The summed E-state index contributed by atoms with van der Waals surface area (Å²) in [7, 11) is -1.15. The van der Waals surface area contributed by atoms with Gasteiger partial charge in [0.1, 0.15) is 11.8 Å². The molecule has 1 aromatic carbocycles. The van der Waals surface area contributed by atoms with Crippen molar-refractivity contribution in [3.8, 4) is 5.75 Å². The fraction of sp³-hybridized carbons (Fsp3) is 0.467. The number of benzene rings is 1. The first-order valence-corrected chi connectivity index (χ1v) is 7.48. The van der Waals surface area contributed by atoms with Crippen LogP contribution >= 0.6 is 0 Å². The quantitative estimate of drug-likeness (QED) is 0.644. The second-order valence-corrected chi connectivity index (χ2v) is 5.64. The molecule has 1 amide bonds. The Morgan fingerprint density at radius 1 is 1.43 bits per heavy atom. The third kappa shape index (κ3) is 3.48. The van der Waals surface area contributed by atoms with E-state index in [1.54, 1.807) is 32.9 Å². The van der Waals surface area contributed by atoms with E-state index in [-0.39, 0.29) is 23.8 Å². The van der Waals surface area contributed by atoms with Crippen LogP contribution in [0.3, 0.4) is 0 Å². The van der Waals surface area contributed by atoms with Gasteiger partial charge in [0.15, 0.2) is 0 Å². The minimum absolute atomic E-state index is 0.182. The van der Waals surface area contributed by atoms with Crippen LogP contribution in [-0.2, 0) is 16.1 Å². The smallest absolute Gasteiger partial charge is 0.493 e. The van der Waals surface area contributed by atoms with E-state index in [0.29, 0.717) is 12.1 Å². The molecule has 124 valence electrons. The van der Waals surface area contributed by atoms with Gasteiger partial charge in [-0.15, -0.1) is 0 Å². The van der Waals surface area contributed by atoms with Gasteiger partial charge in [-0.1, -0.05) is 19.9 Å². The summed E-state index contributed by atoms with van der Waals surface area (Å²) >= 11 is 0. The molecule has 7 nitrogen and oxygen atoms in total. The summed E-state index contributed by atoms with van der Waals surface area (Å²) in [6.45, 7) is 5.72. The van der Waals surface area contributed by atoms with Crippen LogP contribution in [0.4, 0.5) is 0 Å². The number of hydrogen-bond donors (Lipinski definition) is 3. The van der Waals surface area contributed by atoms with Crippen molar-refractivity contribution in [3.63, 3.8) is 0 Å². The zero-order valence-corrected chi connectivity index (χ0v) is 13.3. The molecule has 0 saturated carbocycles. The lowest BCUT2D eigenvalue weighted by Crippen LogP contribution is -2.45. The number of carboxylic acid groups (broad SMARTS) is 1. The third-order valence-electron chi connectivity index (χ3n) is 3.68. The minimum Gasteiger partial charge on any atom is -0.493 e. The maximum Gasteiger partial charge on any atom is 0.495 e. The number of aliphatic carboxylic acids is 1. The molecule has 2 rings (SSSR count). The van der Waals surface area contributed by atoms with Crippen LogP contribution in [0.2, 0.25) is 0 Å². The van der Waals surface area contributed by atoms with Gasteiger partial charge in [0.05, 0.1) is 18.8 Å². The van der Waals surface area contributed by atoms with Crippen molar-refractivity contribution in [3.05, 3.63) is 23.3 Å². The zero-order valence-electron chi connectivity index (χ0n) is 13.3. The maximum absolute atomic E-state index is 12.5. The fourth-order valence-electron chi connectivity index (χ4n) is 2.50. The van der Waals surface area contributed by atoms with Gasteiger partial charge in [0.25, 0.3) is 5.91 Å². The molecule has 1 aromatic rings. The molecule has 0 aliphatic carbocycles. The molecule has 0 bridgehead atoms. The lowest BCUT2D eigenvalue weighted by Gasteiger charge is -2.20. The van der Waals surface area contributed by atoms with Crippen molar-refractivity contribution >= 4 is 24.5 Å². The lowest BCUT2D eigenvalue weighted by atomic mass is 9.77. The molecule has 1 aliphatic rings. The highest BCUT2D eigenvalue weighted by atomic mass is 16.5. The Labute approximate surface area is 134 Å². The predicted molar refractivity (Wildman–Crippen MR) is 83.7 cm³/mol. The van der Waals surface area contributed by atoms with Crippen LogP contribution in [0.15, 0.2) is 12.1 Å². The normalized spacial score (nSPS) is 14.6. The monoisotopic (exact) mass is 321 g/mol. The molecule has 23 heavy (non-hydrogen) atoms. The van der Waals surface area contributed by atoms with Gasteiger partial charge in [0, 0.05) is 5.46 Å². The van der Waals surface area contributed by atoms with Gasteiger partial charge in [0.2, 0.25) is 0 Å². The van der Waals surface area contributed by atoms with Gasteiger partial charge in [-0.25, -0.2) is 4.79 Å². The van der Waals surface area contributed by atoms with Crippen molar-refractivity contribution in [2.75, 3.05) is 6.61 Å². The highest BCUT2D eigenvalue weighted by Gasteiger charge is 2.34. The Bertz CT molecular complexity index is 618. The summed E-state index contributed by atoms with van der Waals surface area (Å²) in [5.41, 5.74) is 1.36. The molecule has 0 aromatic heterocycles. The van der Waals surface area contributed by atoms with E-state index >= 15 is 0 Å². The average molecular weight is 321 g/mol. The van der Waals surface area contributed by atoms with E-state index in [4.69, 9.17) is 9.39 Å².